The van der Waals surface area contributed by atoms with Gasteiger partial charge in [-0.15, -0.1) is 0 Å². The van der Waals surface area contributed by atoms with Crippen molar-refractivity contribution < 1.29 is 9.53 Å². The largest absolute Gasteiger partial charge is 0.375 e. The van der Waals surface area contributed by atoms with E-state index < -0.39 is 0 Å². The fourth-order valence-electron chi connectivity index (χ4n) is 3.31. The second kappa shape index (κ2) is 6.90. The van der Waals surface area contributed by atoms with Crippen LogP contribution in [0.4, 0.5) is 0 Å². The fourth-order valence-corrected chi connectivity index (χ4v) is 3.31. The van der Waals surface area contributed by atoms with E-state index in [1.165, 1.54) is 0 Å². The molecule has 20 heavy (non-hydrogen) atoms. The van der Waals surface area contributed by atoms with Gasteiger partial charge in [-0.3, -0.25) is 4.79 Å². The van der Waals surface area contributed by atoms with Crippen LogP contribution < -0.4 is 0 Å². The Morgan fingerprint density at radius 1 is 1.05 bits per heavy atom. The molecule has 2 rings (SSSR count). The average molecular weight is 282 g/mol. The zero-order chi connectivity index (χ0) is 14.7. The van der Waals surface area contributed by atoms with Crippen LogP contribution in [-0.4, -0.2) is 60.1 Å². The van der Waals surface area contributed by atoms with Crippen molar-refractivity contribution in [3.63, 3.8) is 0 Å². The first-order chi connectivity index (χ1) is 9.47. The topological polar surface area (TPSA) is 32.8 Å². The smallest absolute Gasteiger partial charge is 0.227 e. The third-order valence-electron chi connectivity index (χ3n) is 4.52. The number of carbonyl (C=O) groups excluding carboxylic acids is 1. The Hall–Kier alpha value is -0.610. The first kappa shape index (κ1) is 15.8. The molecule has 0 spiro atoms. The number of ether oxygens (including phenoxy) is 1. The second-order valence-corrected chi connectivity index (χ2v) is 6.78. The van der Waals surface area contributed by atoms with Crippen molar-refractivity contribution in [3.05, 3.63) is 0 Å². The summed E-state index contributed by atoms with van der Waals surface area (Å²) in [7, 11) is 0. The van der Waals surface area contributed by atoms with Gasteiger partial charge in [-0.2, -0.15) is 0 Å². The van der Waals surface area contributed by atoms with Gasteiger partial charge in [0.15, 0.2) is 0 Å². The normalized spacial score (nSPS) is 25.9. The third-order valence-corrected chi connectivity index (χ3v) is 4.52. The highest BCUT2D eigenvalue weighted by Crippen LogP contribution is 2.23. The summed E-state index contributed by atoms with van der Waals surface area (Å²) < 4.78 is 5.85. The van der Waals surface area contributed by atoms with Gasteiger partial charge in [-0.05, 0) is 53.5 Å². The van der Waals surface area contributed by atoms with Crippen molar-refractivity contribution in [2.75, 3.05) is 26.2 Å². The zero-order valence-corrected chi connectivity index (χ0v) is 13.5. The molecule has 0 N–H and O–H groups in total. The highest BCUT2D eigenvalue weighted by molar-refractivity contribution is 5.79. The summed E-state index contributed by atoms with van der Waals surface area (Å²) in [5, 5.41) is 0. The molecular formula is C16H30N2O2. The molecule has 0 aromatic rings. The third kappa shape index (κ3) is 3.95. The summed E-state index contributed by atoms with van der Waals surface area (Å²) in [5.74, 6) is 0.594. The Morgan fingerprint density at radius 3 is 2.20 bits per heavy atom. The Morgan fingerprint density at radius 2 is 1.70 bits per heavy atom. The quantitative estimate of drug-likeness (QED) is 0.792. The maximum atomic E-state index is 12.6. The maximum absolute atomic E-state index is 12.6. The number of amides is 1. The molecule has 116 valence electrons. The van der Waals surface area contributed by atoms with Crippen molar-refractivity contribution in [3.8, 4) is 0 Å². The van der Waals surface area contributed by atoms with Crippen LogP contribution in [0.3, 0.4) is 0 Å². The van der Waals surface area contributed by atoms with Crippen LogP contribution in [-0.2, 0) is 9.53 Å². The second-order valence-electron chi connectivity index (χ2n) is 6.78. The van der Waals surface area contributed by atoms with Crippen LogP contribution in [0.5, 0.6) is 0 Å². The Labute approximate surface area is 123 Å². The van der Waals surface area contributed by atoms with Crippen LogP contribution in [0.25, 0.3) is 0 Å². The molecule has 0 aliphatic carbocycles. The van der Waals surface area contributed by atoms with E-state index in [-0.39, 0.29) is 12.0 Å². The number of hydrogen-bond donors (Lipinski definition) is 0. The van der Waals surface area contributed by atoms with Crippen LogP contribution in [0.15, 0.2) is 0 Å². The molecule has 1 atom stereocenters. The van der Waals surface area contributed by atoms with Gasteiger partial charge in [0, 0.05) is 25.7 Å². The molecule has 0 aromatic heterocycles. The molecule has 0 radical (unpaired) electrons. The first-order valence-corrected chi connectivity index (χ1v) is 8.15. The Balaban J connectivity index is 1.78. The van der Waals surface area contributed by atoms with Crippen molar-refractivity contribution in [1.29, 1.82) is 0 Å². The van der Waals surface area contributed by atoms with Crippen molar-refractivity contribution in [1.82, 2.24) is 9.80 Å². The lowest BCUT2D eigenvalue weighted by Crippen LogP contribution is -2.44. The average Bonchev–Trinajstić information content (AvgIpc) is 2.88. The van der Waals surface area contributed by atoms with E-state index in [0.29, 0.717) is 18.1 Å². The molecular weight excluding hydrogens is 252 g/mol. The lowest BCUT2D eigenvalue weighted by Gasteiger charge is -2.34. The molecule has 1 amide bonds. The predicted molar refractivity (Wildman–Crippen MR) is 80.6 cm³/mol. The van der Waals surface area contributed by atoms with Gasteiger partial charge >= 0.3 is 0 Å². The molecule has 0 aromatic carbocycles. The molecule has 2 aliphatic heterocycles. The van der Waals surface area contributed by atoms with Crippen molar-refractivity contribution in [2.45, 2.75) is 65.2 Å². The lowest BCUT2D eigenvalue weighted by atomic mass is 10.0. The minimum absolute atomic E-state index is 0.222. The van der Waals surface area contributed by atoms with E-state index in [9.17, 15) is 4.79 Å². The Kier molecular flexibility index (Phi) is 5.44. The molecule has 4 nitrogen and oxygen atoms in total. The zero-order valence-electron chi connectivity index (χ0n) is 13.5. The SMILES string of the molecule is CC(C)OC1CCN(C(=O)[C@@H]2CCN(C(C)C)C2)CC1. The van der Waals surface area contributed by atoms with Gasteiger partial charge in [-0.25, -0.2) is 0 Å². The highest BCUT2D eigenvalue weighted by atomic mass is 16.5. The van der Waals surface area contributed by atoms with E-state index in [4.69, 9.17) is 4.74 Å². The number of hydrogen-bond acceptors (Lipinski definition) is 3. The van der Waals surface area contributed by atoms with Crippen molar-refractivity contribution >= 4 is 5.91 Å². The molecule has 0 unspecified atom stereocenters. The summed E-state index contributed by atoms with van der Waals surface area (Å²) in [6, 6.07) is 0.554. The van der Waals surface area contributed by atoms with E-state index in [2.05, 4.69) is 37.5 Å². The summed E-state index contributed by atoms with van der Waals surface area (Å²) in [5.41, 5.74) is 0. The van der Waals surface area contributed by atoms with E-state index >= 15 is 0 Å². The number of piperidine rings is 1. The van der Waals surface area contributed by atoms with Gasteiger partial charge in [0.25, 0.3) is 0 Å². The molecule has 2 fully saturated rings. The molecule has 2 aliphatic rings. The van der Waals surface area contributed by atoms with Gasteiger partial charge in [0.2, 0.25) is 5.91 Å². The number of nitrogens with zero attached hydrogens (tertiary/aromatic N) is 2. The standard InChI is InChI=1S/C16H30N2O2/c1-12(2)18-8-5-14(11-18)16(19)17-9-6-15(7-10-17)20-13(3)4/h12-15H,5-11H2,1-4H3/t14-/m1/s1. The number of carbonyl (C=O) groups is 1. The molecule has 0 saturated carbocycles. The minimum atomic E-state index is 0.222. The summed E-state index contributed by atoms with van der Waals surface area (Å²) in [6.07, 6.45) is 3.64. The van der Waals surface area contributed by atoms with Crippen LogP contribution in [0.1, 0.15) is 47.0 Å². The van der Waals surface area contributed by atoms with Crippen molar-refractivity contribution in [2.24, 2.45) is 5.92 Å². The van der Waals surface area contributed by atoms with E-state index in [1.807, 2.05) is 0 Å². The molecule has 4 heteroatoms. The monoisotopic (exact) mass is 282 g/mol. The summed E-state index contributed by atoms with van der Waals surface area (Å²) >= 11 is 0. The maximum Gasteiger partial charge on any atom is 0.227 e. The Bertz CT molecular complexity index is 322. The summed E-state index contributed by atoms with van der Waals surface area (Å²) in [4.78, 5) is 17.0. The first-order valence-electron chi connectivity index (χ1n) is 8.15. The molecule has 0 bridgehead atoms. The predicted octanol–water partition coefficient (Wildman–Crippen LogP) is 2.13. The highest BCUT2D eigenvalue weighted by Gasteiger charge is 2.33. The minimum Gasteiger partial charge on any atom is -0.375 e. The van der Waals surface area contributed by atoms with Gasteiger partial charge in [0.05, 0.1) is 18.1 Å². The van der Waals surface area contributed by atoms with Gasteiger partial charge < -0.3 is 14.5 Å². The number of likely N-dealkylation sites (tertiary alicyclic amines) is 2. The fraction of sp³-hybridized carbons (Fsp3) is 0.938. The van der Waals surface area contributed by atoms with Gasteiger partial charge in [-0.1, -0.05) is 0 Å². The van der Waals surface area contributed by atoms with E-state index in [1.54, 1.807) is 0 Å². The van der Waals surface area contributed by atoms with Crippen LogP contribution in [0.2, 0.25) is 0 Å². The van der Waals surface area contributed by atoms with Crippen LogP contribution >= 0.6 is 0 Å². The molecule has 2 heterocycles. The van der Waals surface area contributed by atoms with Crippen LogP contribution in [0, 0.1) is 5.92 Å². The lowest BCUT2D eigenvalue weighted by molar-refractivity contribution is -0.138. The number of rotatable bonds is 4. The molecule has 2 saturated heterocycles. The van der Waals surface area contributed by atoms with Gasteiger partial charge in [0.1, 0.15) is 0 Å². The summed E-state index contributed by atoms with van der Waals surface area (Å²) in [6.45, 7) is 12.3. The van der Waals surface area contributed by atoms with E-state index in [0.717, 1.165) is 45.4 Å².